The van der Waals surface area contributed by atoms with E-state index in [9.17, 15) is 4.79 Å². The highest BCUT2D eigenvalue weighted by molar-refractivity contribution is 7.11. The van der Waals surface area contributed by atoms with Crippen LogP contribution in [-0.2, 0) is 6.42 Å². The minimum absolute atomic E-state index is 0.174. The topological polar surface area (TPSA) is 77.2 Å². The summed E-state index contributed by atoms with van der Waals surface area (Å²) in [5, 5.41) is 3.80. The van der Waals surface area contributed by atoms with Crippen molar-refractivity contribution in [2.75, 3.05) is 12.8 Å². The Hall–Kier alpha value is -2.08. The summed E-state index contributed by atoms with van der Waals surface area (Å²) in [6.07, 6.45) is 2.79. The molecule has 0 saturated heterocycles. The van der Waals surface area contributed by atoms with E-state index in [-0.39, 0.29) is 11.9 Å². The number of thiazole rings is 1. The number of aromatic nitrogens is 1. The zero-order valence-corrected chi connectivity index (χ0v) is 13.2. The van der Waals surface area contributed by atoms with Crippen LogP contribution in [0, 0.1) is 0 Å². The van der Waals surface area contributed by atoms with E-state index >= 15 is 0 Å². The second-order valence-corrected chi connectivity index (χ2v) is 5.78. The normalized spacial score (nSPS) is 12.0. The van der Waals surface area contributed by atoms with Gasteiger partial charge in [0.2, 0.25) is 0 Å². The molecule has 1 unspecified atom stereocenters. The number of carbonyl (C=O) groups is 1. The first-order valence-electron chi connectivity index (χ1n) is 6.74. The maximum absolute atomic E-state index is 12.4. The van der Waals surface area contributed by atoms with Gasteiger partial charge in [0.25, 0.3) is 5.91 Å². The summed E-state index contributed by atoms with van der Waals surface area (Å²) in [4.78, 5) is 17.9. The van der Waals surface area contributed by atoms with Crippen LogP contribution in [0.25, 0.3) is 0 Å². The molecule has 5 nitrogen and oxygen atoms in total. The van der Waals surface area contributed by atoms with Gasteiger partial charge in [0.05, 0.1) is 13.2 Å². The Kier molecular flexibility index (Phi) is 4.80. The van der Waals surface area contributed by atoms with Crippen LogP contribution in [0.5, 0.6) is 5.75 Å². The third kappa shape index (κ3) is 3.33. The lowest BCUT2D eigenvalue weighted by molar-refractivity contribution is 0.0937. The highest BCUT2D eigenvalue weighted by Crippen LogP contribution is 2.26. The molecule has 0 fully saturated rings. The fourth-order valence-electron chi connectivity index (χ4n) is 1.98. The molecule has 0 aliphatic heterocycles. The van der Waals surface area contributed by atoms with Gasteiger partial charge in [-0.1, -0.05) is 13.0 Å². The van der Waals surface area contributed by atoms with Crippen molar-refractivity contribution in [1.82, 2.24) is 10.3 Å². The first-order chi connectivity index (χ1) is 10.1. The second-order valence-electron chi connectivity index (χ2n) is 4.64. The second kappa shape index (κ2) is 6.58. The molecule has 2 rings (SSSR count). The van der Waals surface area contributed by atoms with Crippen molar-refractivity contribution in [1.29, 1.82) is 0 Å². The molecule has 0 bridgehead atoms. The lowest BCUT2D eigenvalue weighted by Gasteiger charge is -2.14. The third-order valence-electron chi connectivity index (χ3n) is 3.14. The summed E-state index contributed by atoms with van der Waals surface area (Å²) in [7, 11) is 1.52. The number of amides is 1. The minimum atomic E-state index is -0.259. The van der Waals surface area contributed by atoms with Crippen molar-refractivity contribution in [3.05, 3.63) is 39.8 Å². The zero-order chi connectivity index (χ0) is 15.4. The lowest BCUT2D eigenvalue weighted by Crippen LogP contribution is -2.27. The van der Waals surface area contributed by atoms with E-state index in [0.29, 0.717) is 17.0 Å². The van der Waals surface area contributed by atoms with Gasteiger partial charge in [-0.25, -0.2) is 4.98 Å². The van der Waals surface area contributed by atoms with Gasteiger partial charge < -0.3 is 15.8 Å². The van der Waals surface area contributed by atoms with Gasteiger partial charge in [-0.15, -0.1) is 11.3 Å². The number of benzene rings is 1. The predicted octanol–water partition coefficient (Wildman–Crippen LogP) is 2.79. The van der Waals surface area contributed by atoms with Crippen LogP contribution in [0.2, 0.25) is 0 Å². The molecule has 1 atom stereocenters. The van der Waals surface area contributed by atoms with Gasteiger partial charge >= 0.3 is 0 Å². The molecule has 6 heteroatoms. The number of hydrogen-bond acceptors (Lipinski definition) is 5. The number of rotatable bonds is 5. The van der Waals surface area contributed by atoms with Crippen molar-refractivity contribution < 1.29 is 9.53 Å². The maximum Gasteiger partial charge on any atom is 0.257 e. The molecule has 0 spiro atoms. The highest BCUT2D eigenvalue weighted by atomic mass is 32.1. The van der Waals surface area contributed by atoms with Crippen molar-refractivity contribution >= 4 is 22.9 Å². The number of nitrogens with one attached hydrogen (secondary N) is 1. The van der Waals surface area contributed by atoms with Crippen molar-refractivity contribution in [3.63, 3.8) is 0 Å². The third-order valence-corrected chi connectivity index (χ3v) is 4.47. The quantitative estimate of drug-likeness (QED) is 0.833. The standard InChI is InChI=1S/C15H19N3O2S/c1-4-10-8-17-15(21-10)9(2)18-14(19)13-11(16)6-5-7-12(13)20-3/h5-9H,4,16H2,1-3H3,(H,18,19). The van der Waals surface area contributed by atoms with Crippen LogP contribution < -0.4 is 15.8 Å². The van der Waals surface area contributed by atoms with Crippen LogP contribution in [0.1, 0.15) is 40.1 Å². The Balaban J connectivity index is 2.18. The van der Waals surface area contributed by atoms with Gasteiger partial charge in [0.1, 0.15) is 16.3 Å². The maximum atomic E-state index is 12.4. The number of aryl methyl sites for hydroxylation is 1. The number of nitrogens with two attached hydrogens (primary N) is 1. The predicted molar refractivity (Wildman–Crippen MR) is 84.8 cm³/mol. The van der Waals surface area contributed by atoms with Gasteiger partial charge in [-0.3, -0.25) is 4.79 Å². The summed E-state index contributed by atoms with van der Waals surface area (Å²) >= 11 is 1.60. The smallest absolute Gasteiger partial charge is 0.257 e. The molecule has 1 aromatic carbocycles. The highest BCUT2D eigenvalue weighted by Gasteiger charge is 2.19. The Morgan fingerprint density at radius 2 is 2.29 bits per heavy atom. The number of anilines is 1. The SMILES string of the molecule is CCc1cnc(C(C)NC(=O)c2c(N)cccc2OC)s1. The number of nitrogen functional groups attached to an aromatic ring is 1. The van der Waals surface area contributed by atoms with E-state index in [1.54, 1.807) is 29.5 Å². The number of hydrogen-bond donors (Lipinski definition) is 2. The van der Waals surface area contributed by atoms with Gasteiger partial charge in [-0.2, -0.15) is 0 Å². The minimum Gasteiger partial charge on any atom is -0.496 e. The molecule has 1 heterocycles. The first-order valence-corrected chi connectivity index (χ1v) is 7.56. The Bertz CT molecular complexity index is 640. The van der Waals surface area contributed by atoms with Gasteiger partial charge in [0.15, 0.2) is 0 Å². The molecule has 1 aromatic heterocycles. The summed E-state index contributed by atoms with van der Waals surface area (Å²) < 4.78 is 5.20. The average molecular weight is 305 g/mol. The summed E-state index contributed by atoms with van der Waals surface area (Å²) in [5.74, 6) is 0.207. The van der Waals surface area contributed by atoms with E-state index in [4.69, 9.17) is 10.5 Å². The number of carbonyl (C=O) groups excluding carboxylic acids is 1. The van der Waals surface area contributed by atoms with E-state index < -0.39 is 0 Å². The van der Waals surface area contributed by atoms with Crippen LogP contribution in [-0.4, -0.2) is 18.0 Å². The Morgan fingerprint density at radius 1 is 1.52 bits per heavy atom. The van der Waals surface area contributed by atoms with E-state index in [1.165, 1.54) is 12.0 Å². The van der Waals surface area contributed by atoms with Crippen LogP contribution in [0.15, 0.2) is 24.4 Å². The van der Waals surface area contributed by atoms with Crippen molar-refractivity contribution in [2.24, 2.45) is 0 Å². The molecule has 0 radical (unpaired) electrons. The molecule has 3 N–H and O–H groups in total. The fourth-order valence-corrected chi connectivity index (χ4v) is 2.84. The monoisotopic (exact) mass is 305 g/mol. The molecule has 0 saturated carbocycles. The van der Waals surface area contributed by atoms with Crippen molar-refractivity contribution in [3.8, 4) is 5.75 Å². The fraction of sp³-hybridized carbons (Fsp3) is 0.333. The number of methoxy groups -OCH3 is 1. The summed E-state index contributed by atoms with van der Waals surface area (Å²) in [5.41, 5.74) is 6.64. The lowest BCUT2D eigenvalue weighted by atomic mass is 10.1. The Labute approximate surface area is 128 Å². The van der Waals surface area contributed by atoms with E-state index in [1.807, 2.05) is 13.1 Å². The van der Waals surface area contributed by atoms with Crippen LogP contribution in [0.4, 0.5) is 5.69 Å². The van der Waals surface area contributed by atoms with Crippen molar-refractivity contribution in [2.45, 2.75) is 26.3 Å². The molecule has 2 aromatic rings. The largest absolute Gasteiger partial charge is 0.496 e. The first kappa shape index (κ1) is 15.3. The van der Waals surface area contributed by atoms with Gasteiger partial charge in [-0.05, 0) is 25.5 Å². The molecule has 21 heavy (non-hydrogen) atoms. The van der Waals surface area contributed by atoms with E-state index in [0.717, 1.165) is 11.4 Å². The Morgan fingerprint density at radius 3 is 2.90 bits per heavy atom. The molecule has 112 valence electrons. The molecule has 0 aliphatic rings. The zero-order valence-electron chi connectivity index (χ0n) is 12.3. The molecule has 0 aliphatic carbocycles. The van der Waals surface area contributed by atoms with E-state index in [2.05, 4.69) is 17.2 Å². The summed E-state index contributed by atoms with van der Waals surface area (Å²) in [6, 6.07) is 4.98. The summed E-state index contributed by atoms with van der Waals surface area (Å²) in [6.45, 7) is 3.98. The number of nitrogens with zero attached hydrogens (tertiary/aromatic N) is 1. The van der Waals surface area contributed by atoms with Gasteiger partial charge in [0, 0.05) is 16.8 Å². The van der Waals surface area contributed by atoms with Crippen LogP contribution >= 0.6 is 11.3 Å². The number of ether oxygens (including phenoxy) is 1. The molecular weight excluding hydrogens is 286 g/mol. The molecular formula is C15H19N3O2S. The average Bonchev–Trinajstić information content (AvgIpc) is 2.95. The van der Waals surface area contributed by atoms with Crippen LogP contribution in [0.3, 0.4) is 0 Å². The molecule has 1 amide bonds.